The summed E-state index contributed by atoms with van der Waals surface area (Å²) >= 11 is 5.06. The molecule has 0 aromatic carbocycles. The molecule has 19 heavy (non-hydrogen) atoms. The van der Waals surface area contributed by atoms with Crippen LogP contribution in [0.3, 0.4) is 0 Å². The minimum absolute atomic E-state index is 0.0719. The number of nitrogens with zero attached hydrogens (tertiary/aromatic N) is 1. The van der Waals surface area contributed by atoms with Crippen LogP contribution in [0.2, 0.25) is 0 Å². The molecule has 1 aromatic rings. The van der Waals surface area contributed by atoms with Crippen LogP contribution in [0.25, 0.3) is 0 Å². The van der Waals surface area contributed by atoms with Gasteiger partial charge in [0.15, 0.2) is 5.11 Å². The number of carbonyl (C=O) groups excluding carboxylic acids is 1. The fourth-order valence-electron chi connectivity index (χ4n) is 1.80. The van der Waals surface area contributed by atoms with Gasteiger partial charge in [0.2, 0.25) is 0 Å². The summed E-state index contributed by atoms with van der Waals surface area (Å²) in [5.41, 5.74) is 7.80. The van der Waals surface area contributed by atoms with Crippen molar-refractivity contribution in [2.75, 3.05) is 25.4 Å². The summed E-state index contributed by atoms with van der Waals surface area (Å²) in [7, 11) is 0. The van der Waals surface area contributed by atoms with E-state index < -0.39 is 0 Å². The lowest BCUT2D eigenvalue weighted by Crippen LogP contribution is -2.39. The molecule has 1 unspecified atom stereocenters. The molecule has 4 N–H and O–H groups in total. The van der Waals surface area contributed by atoms with Gasteiger partial charge in [-0.25, -0.2) is 4.98 Å². The summed E-state index contributed by atoms with van der Waals surface area (Å²) in [4.78, 5) is 15.3. The summed E-state index contributed by atoms with van der Waals surface area (Å²) in [5.74, 6) is 0.472. The first kappa shape index (κ1) is 13.5. The predicted molar refractivity (Wildman–Crippen MR) is 75.7 cm³/mol. The van der Waals surface area contributed by atoms with E-state index in [1.54, 1.807) is 13.0 Å². The van der Waals surface area contributed by atoms with Gasteiger partial charge in [0.1, 0.15) is 12.4 Å². The molecule has 6 nitrogen and oxygen atoms in total. The first-order valence-corrected chi connectivity index (χ1v) is 6.46. The van der Waals surface area contributed by atoms with Crippen LogP contribution in [0.4, 0.5) is 5.82 Å². The molecule has 0 fully saturated rings. The highest BCUT2D eigenvalue weighted by molar-refractivity contribution is 7.80. The van der Waals surface area contributed by atoms with Gasteiger partial charge in [-0.15, -0.1) is 0 Å². The number of thiocarbonyl (C=S) groups is 1. The summed E-state index contributed by atoms with van der Waals surface area (Å²) < 4.78 is 4.78. The van der Waals surface area contributed by atoms with Crippen molar-refractivity contribution >= 4 is 29.1 Å². The van der Waals surface area contributed by atoms with Crippen molar-refractivity contribution in [1.82, 2.24) is 15.6 Å². The van der Waals surface area contributed by atoms with Gasteiger partial charge in [-0.05, 0) is 30.8 Å². The van der Waals surface area contributed by atoms with Crippen LogP contribution in [0.5, 0.6) is 0 Å². The minimum atomic E-state index is -0.323. The third kappa shape index (κ3) is 3.54. The normalized spacial score (nSPS) is 15.3. The third-order valence-corrected chi connectivity index (χ3v) is 3.06. The number of carbonyl (C=O) groups is 1. The molecule has 7 heteroatoms. The number of aromatic nitrogens is 1. The van der Waals surface area contributed by atoms with Gasteiger partial charge in [-0.1, -0.05) is 6.07 Å². The lowest BCUT2D eigenvalue weighted by Gasteiger charge is -2.09. The van der Waals surface area contributed by atoms with Crippen molar-refractivity contribution in [2.45, 2.75) is 12.8 Å². The van der Waals surface area contributed by atoms with E-state index in [0.717, 1.165) is 5.69 Å². The second-order valence-corrected chi connectivity index (χ2v) is 4.54. The number of fused-ring (bicyclic) bond motifs is 1. The number of nitrogens with one attached hydrogen (secondary N) is 2. The van der Waals surface area contributed by atoms with Gasteiger partial charge >= 0.3 is 5.97 Å². The van der Waals surface area contributed by atoms with Crippen molar-refractivity contribution < 1.29 is 9.53 Å². The number of rotatable bonds is 5. The maximum absolute atomic E-state index is 11.1. The van der Waals surface area contributed by atoms with Gasteiger partial charge in [-0.2, -0.15) is 0 Å². The number of pyridine rings is 1. The molecule has 0 saturated heterocycles. The molecule has 0 saturated carbocycles. The zero-order valence-corrected chi connectivity index (χ0v) is 11.4. The number of anilines is 1. The molecule has 0 amide bonds. The number of hydrogen-bond acceptors (Lipinski definition) is 5. The summed E-state index contributed by atoms with van der Waals surface area (Å²) in [6, 6.07) is 3.76. The number of nitrogens with two attached hydrogens (primary N) is 1. The lowest BCUT2D eigenvalue weighted by molar-refractivity contribution is -0.141. The van der Waals surface area contributed by atoms with Crippen molar-refractivity contribution in [1.29, 1.82) is 0 Å². The second kappa shape index (κ2) is 5.83. The Labute approximate surface area is 116 Å². The van der Waals surface area contributed by atoms with Crippen molar-refractivity contribution in [3.05, 3.63) is 23.4 Å². The molecule has 0 spiro atoms. The van der Waals surface area contributed by atoms with Crippen LogP contribution < -0.4 is 16.4 Å². The predicted octanol–water partition coefficient (Wildman–Crippen LogP) is 0.136. The van der Waals surface area contributed by atoms with Crippen molar-refractivity contribution in [3.8, 4) is 0 Å². The lowest BCUT2D eigenvalue weighted by atomic mass is 10.3. The van der Waals surface area contributed by atoms with E-state index in [1.807, 2.05) is 6.07 Å². The minimum Gasteiger partial charge on any atom is -0.465 e. The van der Waals surface area contributed by atoms with Crippen LogP contribution in [0, 0.1) is 0 Å². The molecule has 0 bridgehead atoms. The number of ether oxygens (including phenoxy) is 1. The van der Waals surface area contributed by atoms with Crippen LogP contribution >= 0.6 is 12.2 Å². The average molecular weight is 280 g/mol. The third-order valence-electron chi connectivity index (χ3n) is 2.77. The monoisotopic (exact) mass is 280 g/mol. The topological polar surface area (TPSA) is 89.3 Å². The largest absolute Gasteiger partial charge is 0.465 e. The van der Waals surface area contributed by atoms with Crippen LogP contribution in [0.1, 0.15) is 24.1 Å². The molecule has 1 aliphatic carbocycles. The Morgan fingerprint density at radius 3 is 3.00 bits per heavy atom. The Morgan fingerprint density at radius 2 is 2.32 bits per heavy atom. The fourth-order valence-corrected chi connectivity index (χ4v) is 1.95. The van der Waals surface area contributed by atoms with Gasteiger partial charge < -0.3 is 21.1 Å². The quantitative estimate of drug-likeness (QED) is 0.522. The van der Waals surface area contributed by atoms with Gasteiger partial charge in [0.25, 0.3) is 0 Å². The van der Waals surface area contributed by atoms with Gasteiger partial charge in [0, 0.05) is 12.5 Å². The highest BCUT2D eigenvalue weighted by Crippen LogP contribution is 2.41. The zero-order chi connectivity index (χ0) is 13.8. The first-order valence-electron chi connectivity index (χ1n) is 6.05. The van der Waals surface area contributed by atoms with E-state index in [1.165, 1.54) is 5.56 Å². The molecule has 2 rings (SSSR count). The maximum Gasteiger partial charge on any atom is 0.325 e. The van der Waals surface area contributed by atoms with Crippen LogP contribution in [-0.2, 0) is 9.53 Å². The van der Waals surface area contributed by atoms with E-state index in [9.17, 15) is 4.79 Å². The Morgan fingerprint density at radius 1 is 1.53 bits per heavy atom. The Kier molecular flexibility index (Phi) is 4.16. The second-order valence-electron chi connectivity index (χ2n) is 4.13. The smallest absolute Gasteiger partial charge is 0.325 e. The molecule has 1 aliphatic rings. The molecule has 102 valence electrons. The standard InChI is InChI=1S/C12H16N4O2S/c1-2-18-10(17)6-15-12(19)14-5-8-7-3-4-9(13)16-11(7)8/h3-4,8H,2,5-6H2,1H3,(H2,13,16)(H2,14,15,19). The van der Waals surface area contributed by atoms with E-state index in [-0.39, 0.29) is 18.4 Å². The number of nitrogen functional groups attached to an aromatic ring is 1. The molecular formula is C12H16N4O2S. The van der Waals surface area contributed by atoms with Gasteiger partial charge in [-0.3, -0.25) is 4.79 Å². The van der Waals surface area contributed by atoms with Crippen molar-refractivity contribution in [2.24, 2.45) is 0 Å². The van der Waals surface area contributed by atoms with E-state index in [4.69, 9.17) is 22.7 Å². The summed E-state index contributed by atoms with van der Waals surface area (Å²) in [6.45, 7) is 2.85. The van der Waals surface area contributed by atoms with Crippen LogP contribution in [0.15, 0.2) is 12.1 Å². The van der Waals surface area contributed by atoms with E-state index >= 15 is 0 Å². The maximum atomic E-state index is 11.1. The number of hydrogen-bond donors (Lipinski definition) is 3. The average Bonchev–Trinajstić information content (AvgIpc) is 3.06. The summed E-state index contributed by atoms with van der Waals surface area (Å²) in [6.07, 6.45) is 0. The van der Waals surface area contributed by atoms with Crippen molar-refractivity contribution in [3.63, 3.8) is 0 Å². The Hall–Kier alpha value is -1.89. The highest BCUT2D eigenvalue weighted by atomic mass is 32.1. The summed E-state index contributed by atoms with van der Waals surface area (Å²) in [5, 5.41) is 6.26. The molecule has 1 atom stereocenters. The Balaban J connectivity index is 1.67. The Bertz CT molecular complexity index is 507. The van der Waals surface area contributed by atoms with Gasteiger partial charge in [0.05, 0.1) is 12.3 Å². The SMILES string of the molecule is CCOC(=O)CNC(=S)NCC1c2ccc(N)nc21. The molecule has 0 radical (unpaired) electrons. The molecule has 1 heterocycles. The van der Waals surface area contributed by atoms with Crippen LogP contribution in [-0.4, -0.2) is 35.8 Å². The fraction of sp³-hybridized carbons (Fsp3) is 0.417. The molecular weight excluding hydrogens is 264 g/mol. The van der Waals surface area contributed by atoms with E-state index in [2.05, 4.69) is 15.6 Å². The van der Waals surface area contributed by atoms with E-state index in [0.29, 0.717) is 24.1 Å². The zero-order valence-electron chi connectivity index (χ0n) is 10.6. The highest BCUT2D eigenvalue weighted by Gasteiger charge is 2.34. The number of esters is 1. The molecule has 0 aliphatic heterocycles. The first-order chi connectivity index (χ1) is 9.11. The molecule has 1 aromatic heterocycles.